The van der Waals surface area contributed by atoms with Crippen LogP contribution < -0.4 is 0 Å². The molecule has 0 heterocycles. The van der Waals surface area contributed by atoms with Gasteiger partial charge in [0.2, 0.25) is 0 Å². The van der Waals surface area contributed by atoms with E-state index in [1.807, 2.05) is 13.8 Å². The van der Waals surface area contributed by atoms with Crippen molar-refractivity contribution < 1.29 is 19.1 Å². The molecule has 90 valence electrons. The summed E-state index contributed by atoms with van der Waals surface area (Å²) in [4.78, 5) is 22.7. The lowest BCUT2D eigenvalue weighted by Crippen LogP contribution is -2.07. The minimum Gasteiger partial charge on any atom is -0.469 e. The minimum absolute atomic E-state index is 0.0547. The van der Waals surface area contributed by atoms with Crippen LogP contribution in [0.5, 0.6) is 0 Å². The minimum atomic E-state index is -0.355. The standard InChI is InChI=1S/C12H18O4/c1-7(10(13)15-4)6-8-9(11(14)16-5)12(8,2)3/h6,8-9H,1-5H3. The van der Waals surface area contributed by atoms with Crippen molar-refractivity contribution in [3.8, 4) is 0 Å². The molecule has 0 aromatic carbocycles. The average molecular weight is 226 g/mol. The summed E-state index contributed by atoms with van der Waals surface area (Å²) in [5.41, 5.74) is 0.398. The fraction of sp³-hybridized carbons (Fsp3) is 0.667. The molecule has 0 aromatic heterocycles. The molecular formula is C12H18O4. The number of hydrogen-bond donors (Lipinski definition) is 0. The number of esters is 2. The van der Waals surface area contributed by atoms with Gasteiger partial charge in [0.25, 0.3) is 0 Å². The third kappa shape index (κ3) is 2.10. The van der Waals surface area contributed by atoms with E-state index in [1.54, 1.807) is 13.0 Å². The Morgan fingerprint density at radius 2 is 1.75 bits per heavy atom. The molecule has 0 spiro atoms. The summed E-state index contributed by atoms with van der Waals surface area (Å²) in [7, 11) is 2.72. The van der Waals surface area contributed by atoms with Crippen molar-refractivity contribution in [1.29, 1.82) is 0 Å². The van der Waals surface area contributed by atoms with Crippen molar-refractivity contribution in [2.75, 3.05) is 14.2 Å². The molecule has 0 bridgehead atoms. The normalized spacial score (nSPS) is 27.2. The first-order chi connectivity index (χ1) is 7.36. The smallest absolute Gasteiger partial charge is 0.333 e. The van der Waals surface area contributed by atoms with E-state index in [1.165, 1.54) is 14.2 Å². The summed E-state index contributed by atoms with van der Waals surface area (Å²) in [6.45, 7) is 5.66. The topological polar surface area (TPSA) is 52.6 Å². The van der Waals surface area contributed by atoms with Gasteiger partial charge in [0.05, 0.1) is 20.1 Å². The van der Waals surface area contributed by atoms with Crippen LogP contribution in [0, 0.1) is 17.3 Å². The van der Waals surface area contributed by atoms with Crippen LogP contribution in [-0.2, 0) is 19.1 Å². The molecule has 1 aliphatic carbocycles. The van der Waals surface area contributed by atoms with Crippen molar-refractivity contribution >= 4 is 11.9 Å². The predicted octanol–water partition coefficient (Wildman–Crippen LogP) is 1.55. The molecule has 4 nitrogen and oxygen atoms in total. The SMILES string of the molecule is COC(=O)C(C)=CC1C(C(=O)OC)C1(C)C. The molecule has 4 heteroatoms. The highest BCUT2D eigenvalue weighted by molar-refractivity contribution is 5.88. The molecule has 0 aromatic rings. The predicted molar refractivity (Wildman–Crippen MR) is 58.6 cm³/mol. The van der Waals surface area contributed by atoms with Crippen LogP contribution in [0.25, 0.3) is 0 Å². The van der Waals surface area contributed by atoms with Gasteiger partial charge < -0.3 is 9.47 Å². The first-order valence-corrected chi connectivity index (χ1v) is 5.20. The molecule has 2 unspecified atom stereocenters. The van der Waals surface area contributed by atoms with E-state index in [-0.39, 0.29) is 29.2 Å². The van der Waals surface area contributed by atoms with Gasteiger partial charge in [0.1, 0.15) is 0 Å². The zero-order valence-electron chi connectivity index (χ0n) is 10.4. The first kappa shape index (κ1) is 12.7. The number of carbonyl (C=O) groups excluding carboxylic acids is 2. The maximum Gasteiger partial charge on any atom is 0.333 e. The summed E-state index contributed by atoms with van der Waals surface area (Å²) in [6, 6.07) is 0. The quantitative estimate of drug-likeness (QED) is 0.541. The van der Waals surface area contributed by atoms with Gasteiger partial charge in [-0.2, -0.15) is 0 Å². The first-order valence-electron chi connectivity index (χ1n) is 5.20. The van der Waals surface area contributed by atoms with Gasteiger partial charge in [0, 0.05) is 5.57 Å². The maximum absolute atomic E-state index is 11.5. The fourth-order valence-corrected chi connectivity index (χ4v) is 2.06. The fourth-order valence-electron chi connectivity index (χ4n) is 2.06. The van der Waals surface area contributed by atoms with E-state index in [0.717, 1.165) is 0 Å². The van der Waals surface area contributed by atoms with Crippen molar-refractivity contribution in [1.82, 2.24) is 0 Å². The Bertz CT molecular complexity index is 341. The van der Waals surface area contributed by atoms with Gasteiger partial charge in [-0.15, -0.1) is 0 Å². The van der Waals surface area contributed by atoms with Crippen molar-refractivity contribution in [3.05, 3.63) is 11.6 Å². The molecule has 1 rings (SSSR count). The monoisotopic (exact) mass is 226 g/mol. The van der Waals surface area contributed by atoms with Crippen LogP contribution in [0.1, 0.15) is 20.8 Å². The second-order valence-corrected chi connectivity index (χ2v) is 4.69. The van der Waals surface area contributed by atoms with Crippen LogP contribution in [0.3, 0.4) is 0 Å². The Kier molecular flexibility index (Phi) is 3.41. The summed E-state index contributed by atoms with van der Waals surface area (Å²) < 4.78 is 9.33. The molecule has 0 saturated heterocycles. The Balaban J connectivity index is 2.78. The molecule has 1 aliphatic rings. The van der Waals surface area contributed by atoms with E-state index in [0.29, 0.717) is 5.57 Å². The molecule has 0 amide bonds. The highest BCUT2D eigenvalue weighted by atomic mass is 16.5. The van der Waals surface area contributed by atoms with Crippen LogP contribution >= 0.6 is 0 Å². The molecule has 2 atom stereocenters. The zero-order valence-corrected chi connectivity index (χ0v) is 10.4. The van der Waals surface area contributed by atoms with Crippen LogP contribution in [0.4, 0.5) is 0 Å². The molecular weight excluding hydrogens is 208 g/mol. The van der Waals surface area contributed by atoms with Crippen molar-refractivity contribution in [3.63, 3.8) is 0 Å². The second kappa shape index (κ2) is 4.28. The maximum atomic E-state index is 11.5. The molecule has 0 N–H and O–H groups in total. The van der Waals surface area contributed by atoms with E-state index in [4.69, 9.17) is 4.74 Å². The van der Waals surface area contributed by atoms with Gasteiger partial charge >= 0.3 is 11.9 Å². The zero-order chi connectivity index (χ0) is 12.5. The average Bonchev–Trinajstić information content (AvgIpc) is 2.78. The van der Waals surface area contributed by atoms with Gasteiger partial charge in [-0.1, -0.05) is 19.9 Å². The Labute approximate surface area is 95.6 Å². The number of ether oxygens (including phenoxy) is 2. The number of hydrogen-bond acceptors (Lipinski definition) is 4. The summed E-state index contributed by atoms with van der Waals surface area (Å²) >= 11 is 0. The van der Waals surface area contributed by atoms with Crippen LogP contribution in [0.15, 0.2) is 11.6 Å². The third-order valence-corrected chi connectivity index (χ3v) is 3.30. The third-order valence-electron chi connectivity index (χ3n) is 3.30. The second-order valence-electron chi connectivity index (χ2n) is 4.69. The number of allylic oxidation sites excluding steroid dienone is 1. The van der Waals surface area contributed by atoms with Crippen molar-refractivity contribution in [2.45, 2.75) is 20.8 Å². The van der Waals surface area contributed by atoms with Crippen LogP contribution in [0.2, 0.25) is 0 Å². The summed E-state index contributed by atoms with van der Waals surface area (Å²) in [6.07, 6.45) is 1.80. The van der Waals surface area contributed by atoms with E-state index in [2.05, 4.69) is 4.74 Å². The van der Waals surface area contributed by atoms with E-state index < -0.39 is 0 Å². The molecule has 0 radical (unpaired) electrons. The largest absolute Gasteiger partial charge is 0.469 e. The van der Waals surface area contributed by atoms with E-state index >= 15 is 0 Å². The Hall–Kier alpha value is -1.32. The lowest BCUT2D eigenvalue weighted by molar-refractivity contribution is -0.143. The summed E-state index contributed by atoms with van der Waals surface area (Å²) in [5.74, 6) is -0.675. The number of carbonyl (C=O) groups is 2. The molecule has 16 heavy (non-hydrogen) atoms. The van der Waals surface area contributed by atoms with Crippen LogP contribution in [-0.4, -0.2) is 26.2 Å². The van der Waals surface area contributed by atoms with Gasteiger partial charge in [-0.25, -0.2) is 4.79 Å². The van der Waals surface area contributed by atoms with E-state index in [9.17, 15) is 9.59 Å². The highest BCUT2D eigenvalue weighted by Crippen LogP contribution is 2.59. The lowest BCUT2D eigenvalue weighted by Gasteiger charge is -2.00. The number of rotatable bonds is 3. The molecule has 1 saturated carbocycles. The van der Waals surface area contributed by atoms with Crippen molar-refractivity contribution in [2.24, 2.45) is 17.3 Å². The van der Waals surface area contributed by atoms with Gasteiger partial charge in [-0.05, 0) is 18.3 Å². The molecule has 1 fully saturated rings. The number of methoxy groups -OCH3 is 2. The molecule has 0 aliphatic heterocycles. The van der Waals surface area contributed by atoms with Gasteiger partial charge in [0.15, 0.2) is 0 Å². The lowest BCUT2D eigenvalue weighted by atomic mass is 10.1. The highest BCUT2D eigenvalue weighted by Gasteiger charge is 2.61. The van der Waals surface area contributed by atoms with Gasteiger partial charge in [-0.3, -0.25) is 4.79 Å². The Morgan fingerprint density at radius 1 is 1.19 bits per heavy atom. The Morgan fingerprint density at radius 3 is 2.19 bits per heavy atom. The summed E-state index contributed by atoms with van der Waals surface area (Å²) in [5, 5.41) is 0.